The van der Waals surface area contributed by atoms with Gasteiger partial charge in [0.2, 0.25) is 0 Å². The summed E-state index contributed by atoms with van der Waals surface area (Å²) >= 11 is 1.55. The molecule has 4 heteroatoms. The molecule has 0 unspecified atom stereocenters. The molecule has 0 aromatic rings. The number of rotatable bonds is 0. The molecule has 0 spiro atoms. The van der Waals surface area contributed by atoms with Crippen molar-refractivity contribution in [2.75, 3.05) is 0 Å². The van der Waals surface area contributed by atoms with Crippen molar-refractivity contribution in [2.45, 2.75) is 4.94 Å². The van der Waals surface area contributed by atoms with Crippen LogP contribution in [0, 0.1) is 0 Å². The summed E-state index contributed by atoms with van der Waals surface area (Å²) in [5.74, 6) is 0. The number of thiol groups is 3. The van der Waals surface area contributed by atoms with Gasteiger partial charge >= 0.3 is 27.5 Å². The minimum Gasteiger partial charge on any atom is -0.813 e. The molecule has 0 nitrogen and oxygen atoms in total. The molecule has 0 aliphatic carbocycles. The Morgan fingerprint density at radius 1 is 0.800 bits per heavy atom. The van der Waals surface area contributed by atoms with Crippen LogP contribution in [0.2, 0.25) is 4.94 Å². The van der Waals surface area contributed by atoms with Crippen molar-refractivity contribution in [3.05, 3.63) is 0 Å². The Balaban J connectivity index is -0.00000000167. The second-order valence-corrected chi connectivity index (χ2v) is 0. The summed E-state index contributed by atoms with van der Waals surface area (Å²) in [4.78, 5) is 2.09. The van der Waals surface area contributed by atoms with E-state index in [9.17, 15) is 0 Å². The minimum absolute atomic E-state index is 0. The Kier molecular flexibility index (Phi) is 232. The van der Waals surface area contributed by atoms with Gasteiger partial charge < -0.3 is 40.5 Å². The van der Waals surface area contributed by atoms with Crippen molar-refractivity contribution in [3.63, 3.8) is 0 Å². The van der Waals surface area contributed by atoms with E-state index in [1.54, 1.807) is 22.5 Å². The third-order valence-corrected chi connectivity index (χ3v) is 0. The zero-order chi connectivity index (χ0) is 2.00. The molecule has 0 aliphatic rings. The SMILES string of the molecule is [CH3][Sn+3].[SH-].[SH-].[SH-]. The molecule has 0 atom stereocenters. The third-order valence-electron chi connectivity index (χ3n) is 0. The van der Waals surface area contributed by atoms with Crippen LogP contribution in [0.4, 0.5) is 0 Å². The van der Waals surface area contributed by atoms with Gasteiger partial charge in [0.15, 0.2) is 0 Å². The van der Waals surface area contributed by atoms with E-state index in [4.69, 9.17) is 0 Å². The van der Waals surface area contributed by atoms with Crippen molar-refractivity contribution >= 4 is 63.0 Å². The fraction of sp³-hybridized carbons (Fsp3) is 1.00. The maximum atomic E-state index is 2.09. The molecule has 0 aliphatic heterocycles. The van der Waals surface area contributed by atoms with E-state index >= 15 is 0 Å². The molecule has 0 rings (SSSR count). The monoisotopic (exact) mass is 234 g/mol. The van der Waals surface area contributed by atoms with Gasteiger partial charge in [-0.05, 0) is 0 Å². The first-order valence-corrected chi connectivity index (χ1v) is 3.35. The summed E-state index contributed by atoms with van der Waals surface area (Å²) in [7, 11) is 0. The Morgan fingerprint density at radius 2 is 0.800 bits per heavy atom. The van der Waals surface area contributed by atoms with E-state index in [0.29, 0.717) is 0 Å². The maximum Gasteiger partial charge on any atom is -0.813 e. The molecular formula is CH6S3Sn. The molecule has 0 heterocycles. The van der Waals surface area contributed by atoms with Crippen LogP contribution in [-0.2, 0) is 40.5 Å². The van der Waals surface area contributed by atoms with Gasteiger partial charge in [-0.2, -0.15) is 0 Å². The van der Waals surface area contributed by atoms with Crippen LogP contribution in [0.1, 0.15) is 0 Å². The molecule has 32 valence electrons. The Bertz CT molecular complexity index is 6.85. The van der Waals surface area contributed by atoms with E-state index in [1.165, 1.54) is 0 Å². The average molecular weight is 233 g/mol. The summed E-state index contributed by atoms with van der Waals surface area (Å²) in [6.45, 7) is 0. The summed E-state index contributed by atoms with van der Waals surface area (Å²) in [5, 5.41) is 0. The minimum atomic E-state index is 0. The maximum absolute atomic E-state index is 2.09. The van der Waals surface area contributed by atoms with Crippen molar-refractivity contribution < 1.29 is 0 Å². The van der Waals surface area contributed by atoms with Gasteiger partial charge in [0, 0.05) is 0 Å². The van der Waals surface area contributed by atoms with Crippen LogP contribution in [0.15, 0.2) is 0 Å². The first-order valence-electron chi connectivity index (χ1n) is 0.500. The molecule has 0 aromatic heterocycles. The summed E-state index contributed by atoms with van der Waals surface area (Å²) < 4.78 is 0. The predicted octanol–water partition coefficient (Wildman–Crippen LogP) is -0.607. The standard InChI is InChI=1S/CH3.3H2S.Sn/h1H3;3*1H2;/q;;;;+3/p-3. The molecule has 0 saturated carbocycles. The van der Waals surface area contributed by atoms with Gasteiger partial charge in [-0.25, -0.2) is 0 Å². The number of hydrogen-bond donors (Lipinski definition) is 0. The van der Waals surface area contributed by atoms with E-state index in [2.05, 4.69) is 4.94 Å². The van der Waals surface area contributed by atoms with E-state index < -0.39 is 0 Å². The Morgan fingerprint density at radius 3 is 0.800 bits per heavy atom. The molecule has 0 saturated heterocycles. The second-order valence-electron chi connectivity index (χ2n) is 0. The van der Waals surface area contributed by atoms with Gasteiger partial charge in [-0.1, -0.05) is 0 Å². The first kappa shape index (κ1) is 28.9. The van der Waals surface area contributed by atoms with Crippen molar-refractivity contribution in [1.82, 2.24) is 0 Å². The summed E-state index contributed by atoms with van der Waals surface area (Å²) in [6.07, 6.45) is 0. The molecule has 0 N–H and O–H groups in total. The molecule has 0 aromatic carbocycles. The third kappa shape index (κ3) is 25.3. The molecule has 0 bridgehead atoms. The largest absolute Gasteiger partial charge is 0.813 e. The van der Waals surface area contributed by atoms with Crippen LogP contribution >= 0.6 is 0 Å². The fourth-order valence-electron chi connectivity index (χ4n) is 0. The quantitative estimate of drug-likeness (QED) is 0.311. The zero-order valence-corrected chi connectivity index (χ0v) is 8.38. The molecule has 5 heavy (non-hydrogen) atoms. The van der Waals surface area contributed by atoms with Gasteiger partial charge in [0.25, 0.3) is 0 Å². The van der Waals surface area contributed by atoms with Crippen molar-refractivity contribution in [3.8, 4) is 0 Å². The molecule has 0 radical (unpaired) electrons. The zero-order valence-electron chi connectivity index (χ0n) is 2.84. The van der Waals surface area contributed by atoms with Crippen molar-refractivity contribution in [2.24, 2.45) is 0 Å². The topological polar surface area (TPSA) is 0 Å². The van der Waals surface area contributed by atoms with Crippen LogP contribution in [0.25, 0.3) is 0 Å². The van der Waals surface area contributed by atoms with E-state index in [0.717, 1.165) is 0 Å². The van der Waals surface area contributed by atoms with Crippen LogP contribution in [-0.4, -0.2) is 22.5 Å². The first-order chi connectivity index (χ1) is 1.00. The van der Waals surface area contributed by atoms with Gasteiger partial charge in [0.05, 0.1) is 0 Å². The smallest absolute Gasteiger partial charge is 0.813 e. The number of hydrogen-bond acceptors (Lipinski definition) is 3. The van der Waals surface area contributed by atoms with E-state index in [-0.39, 0.29) is 40.5 Å². The fourth-order valence-corrected chi connectivity index (χ4v) is 0. The van der Waals surface area contributed by atoms with Crippen molar-refractivity contribution in [1.29, 1.82) is 0 Å². The van der Waals surface area contributed by atoms with E-state index in [1.807, 2.05) is 0 Å². The average Bonchev–Trinajstić information content (AvgIpc) is 1.00. The Labute approximate surface area is 67.5 Å². The summed E-state index contributed by atoms with van der Waals surface area (Å²) in [5.41, 5.74) is 0. The molecular weight excluding hydrogens is 227 g/mol. The van der Waals surface area contributed by atoms with Gasteiger partial charge in [-0.15, -0.1) is 0 Å². The Hall–Kier alpha value is 1.85. The molecule has 0 amide bonds. The van der Waals surface area contributed by atoms with Crippen LogP contribution in [0.5, 0.6) is 0 Å². The predicted molar refractivity (Wildman–Crippen MR) is 37.9 cm³/mol. The van der Waals surface area contributed by atoms with Crippen LogP contribution in [0.3, 0.4) is 0 Å². The van der Waals surface area contributed by atoms with Crippen LogP contribution < -0.4 is 0 Å². The summed E-state index contributed by atoms with van der Waals surface area (Å²) in [6, 6.07) is 0. The van der Waals surface area contributed by atoms with Gasteiger partial charge in [0.1, 0.15) is 0 Å². The second kappa shape index (κ2) is 40.2. The normalized spacial score (nSPS) is 1.40. The van der Waals surface area contributed by atoms with Gasteiger partial charge in [-0.3, -0.25) is 0 Å². The molecule has 0 fully saturated rings.